The van der Waals surface area contributed by atoms with E-state index in [4.69, 9.17) is 4.74 Å². The van der Waals surface area contributed by atoms with Crippen LogP contribution in [0.25, 0.3) is 11.0 Å². The predicted molar refractivity (Wildman–Crippen MR) is 78.8 cm³/mol. The number of nitrogens with one attached hydrogen (secondary N) is 2. The molecule has 108 valence electrons. The summed E-state index contributed by atoms with van der Waals surface area (Å²) in [6, 6.07) is 5.89. The summed E-state index contributed by atoms with van der Waals surface area (Å²) in [5.74, 6) is 1.34. The normalized spacial score (nSPS) is 11.2. The van der Waals surface area contributed by atoms with Crippen molar-refractivity contribution in [2.45, 2.75) is 26.2 Å². The summed E-state index contributed by atoms with van der Waals surface area (Å²) in [7, 11) is 1.62. The van der Waals surface area contributed by atoms with Crippen LogP contribution in [0.5, 0.6) is 0 Å². The van der Waals surface area contributed by atoms with E-state index in [-0.39, 0.29) is 5.91 Å². The summed E-state index contributed by atoms with van der Waals surface area (Å²) in [6.45, 7) is 5.27. The van der Waals surface area contributed by atoms with Crippen molar-refractivity contribution in [3.8, 4) is 0 Å². The Hall–Kier alpha value is -1.88. The van der Waals surface area contributed by atoms with Crippen molar-refractivity contribution in [3.63, 3.8) is 0 Å². The van der Waals surface area contributed by atoms with Crippen molar-refractivity contribution in [1.29, 1.82) is 0 Å². The van der Waals surface area contributed by atoms with Crippen LogP contribution < -0.4 is 5.32 Å². The lowest BCUT2D eigenvalue weighted by molar-refractivity contribution is -0.120. The lowest BCUT2D eigenvalue weighted by atomic mass is 10.1. The highest BCUT2D eigenvalue weighted by atomic mass is 16.5. The van der Waals surface area contributed by atoms with Crippen molar-refractivity contribution >= 4 is 16.9 Å². The predicted octanol–water partition coefficient (Wildman–Crippen LogP) is 1.99. The molecule has 0 aliphatic carbocycles. The summed E-state index contributed by atoms with van der Waals surface area (Å²) in [5, 5.41) is 2.81. The Morgan fingerprint density at radius 2 is 2.25 bits per heavy atom. The highest BCUT2D eigenvalue weighted by Gasteiger charge is 2.08. The van der Waals surface area contributed by atoms with Gasteiger partial charge in [0.15, 0.2) is 0 Å². The SMILES string of the molecule is COCCNC(=O)Cc1ccc2nc(C(C)C)[nH]c2c1. The Labute approximate surface area is 118 Å². The Balaban J connectivity index is 2.05. The molecule has 1 amide bonds. The van der Waals surface area contributed by atoms with Crippen LogP contribution in [0, 0.1) is 0 Å². The Bertz CT molecular complexity index is 590. The number of imidazole rings is 1. The largest absolute Gasteiger partial charge is 0.383 e. The second-order valence-corrected chi connectivity index (χ2v) is 5.15. The van der Waals surface area contributed by atoms with Crippen LogP contribution in [-0.4, -0.2) is 36.1 Å². The quantitative estimate of drug-likeness (QED) is 0.792. The second kappa shape index (κ2) is 6.52. The van der Waals surface area contributed by atoms with Crippen LogP contribution in [-0.2, 0) is 16.0 Å². The molecule has 0 bridgehead atoms. The number of rotatable bonds is 6. The highest BCUT2D eigenvalue weighted by molar-refractivity contribution is 5.81. The minimum atomic E-state index is 0.00463. The molecular formula is C15H21N3O2. The van der Waals surface area contributed by atoms with E-state index in [0.717, 1.165) is 22.4 Å². The fourth-order valence-electron chi connectivity index (χ4n) is 2.00. The molecule has 0 unspecified atom stereocenters. The third-order valence-corrected chi connectivity index (χ3v) is 3.10. The molecule has 1 aromatic heterocycles. The topological polar surface area (TPSA) is 67.0 Å². The van der Waals surface area contributed by atoms with Gasteiger partial charge in [-0.15, -0.1) is 0 Å². The van der Waals surface area contributed by atoms with Crippen molar-refractivity contribution < 1.29 is 9.53 Å². The molecule has 0 atom stereocenters. The van der Waals surface area contributed by atoms with Crippen molar-refractivity contribution in [2.75, 3.05) is 20.3 Å². The van der Waals surface area contributed by atoms with Gasteiger partial charge in [-0.1, -0.05) is 19.9 Å². The molecule has 2 rings (SSSR count). The van der Waals surface area contributed by atoms with Crippen LogP contribution >= 0.6 is 0 Å². The molecule has 20 heavy (non-hydrogen) atoms. The number of H-pyrrole nitrogens is 1. The van der Waals surface area contributed by atoms with Gasteiger partial charge in [-0.25, -0.2) is 4.98 Å². The lowest BCUT2D eigenvalue weighted by Crippen LogP contribution is -2.28. The summed E-state index contributed by atoms with van der Waals surface area (Å²) in [5.41, 5.74) is 2.90. The van der Waals surface area contributed by atoms with Crippen molar-refractivity contribution in [2.24, 2.45) is 0 Å². The van der Waals surface area contributed by atoms with Crippen LogP contribution in [0.15, 0.2) is 18.2 Å². The Morgan fingerprint density at radius 1 is 1.45 bits per heavy atom. The number of amides is 1. The van der Waals surface area contributed by atoms with E-state index < -0.39 is 0 Å². The summed E-state index contributed by atoms with van der Waals surface area (Å²) in [4.78, 5) is 19.6. The maximum Gasteiger partial charge on any atom is 0.224 e. The number of nitrogens with zero attached hydrogens (tertiary/aromatic N) is 1. The van der Waals surface area contributed by atoms with Crippen LogP contribution in [0.3, 0.4) is 0 Å². The van der Waals surface area contributed by atoms with Gasteiger partial charge in [0.1, 0.15) is 5.82 Å². The van der Waals surface area contributed by atoms with Gasteiger partial charge in [-0.2, -0.15) is 0 Å². The average molecular weight is 275 g/mol. The van der Waals surface area contributed by atoms with E-state index in [9.17, 15) is 4.79 Å². The van der Waals surface area contributed by atoms with Crippen molar-refractivity contribution in [3.05, 3.63) is 29.6 Å². The van der Waals surface area contributed by atoms with Crippen LogP contribution in [0.1, 0.15) is 31.2 Å². The van der Waals surface area contributed by atoms with Crippen molar-refractivity contribution in [1.82, 2.24) is 15.3 Å². The Morgan fingerprint density at radius 3 is 2.95 bits per heavy atom. The number of hydrogen-bond donors (Lipinski definition) is 2. The molecule has 5 heteroatoms. The summed E-state index contributed by atoms with van der Waals surface area (Å²) < 4.78 is 4.90. The Kier molecular flexibility index (Phi) is 4.74. The molecule has 0 radical (unpaired) electrons. The minimum Gasteiger partial charge on any atom is -0.383 e. The third-order valence-electron chi connectivity index (χ3n) is 3.10. The smallest absolute Gasteiger partial charge is 0.224 e. The fraction of sp³-hybridized carbons (Fsp3) is 0.467. The molecule has 0 fully saturated rings. The second-order valence-electron chi connectivity index (χ2n) is 5.15. The zero-order valence-corrected chi connectivity index (χ0v) is 12.2. The van der Waals surface area contributed by atoms with E-state index >= 15 is 0 Å². The number of ether oxygens (including phenoxy) is 1. The van der Waals surface area contributed by atoms with Gasteiger partial charge in [0.25, 0.3) is 0 Å². The average Bonchev–Trinajstić information content (AvgIpc) is 2.82. The van der Waals surface area contributed by atoms with E-state index in [2.05, 4.69) is 29.1 Å². The van der Waals surface area contributed by atoms with E-state index in [1.807, 2.05) is 18.2 Å². The lowest BCUT2D eigenvalue weighted by Gasteiger charge is -2.04. The first-order valence-corrected chi connectivity index (χ1v) is 6.84. The zero-order valence-electron chi connectivity index (χ0n) is 12.2. The van der Waals surface area contributed by atoms with Gasteiger partial charge in [-0.3, -0.25) is 4.79 Å². The van der Waals surface area contributed by atoms with E-state index in [0.29, 0.717) is 25.5 Å². The molecule has 0 saturated heterocycles. The molecule has 0 aliphatic heterocycles. The van der Waals surface area contributed by atoms with Gasteiger partial charge >= 0.3 is 0 Å². The first-order chi connectivity index (χ1) is 9.60. The minimum absolute atomic E-state index is 0.00463. The number of aromatic amines is 1. The molecule has 0 aliphatic rings. The van der Waals surface area contributed by atoms with Gasteiger partial charge in [0, 0.05) is 19.6 Å². The number of carbonyl (C=O) groups excluding carboxylic acids is 1. The number of aromatic nitrogens is 2. The third kappa shape index (κ3) is 3.57. The summed E-state index contributed by atoms with van der Waals surface area (Å²) in [6.07, 6.45) is 0.371. The van der Waals surface area contributed by atoms with Gasteiger partial charge in [0.05, 0.1) is 24.1 Å². The number of fused-ring (bicyclic) bond motifs is 1. The van der Waals surface area contributed by atoms with Crippen LogP contribution in [0.2, 0.25) is 0 Å². The molecule has 5 nitrogen and oxygen atoms in total. The summed E-state index contributed by atoms with van der Waals surface area (Å²) >= 11 is 0. The highest BCUT2D eigenvalue weighted by Crippen LogP contribution is 2.18. The maximum atomic E-state index is 11.7. The number of carbonyl (C=O) groups is 1. The molecule has 1 heterocycles. The van der Waals surface area contributed by atoms with E-state index in [1.165, 1.54) is 0 Å². The molecular weight excluding hydrogens is 254 g/mol. The fourth-order valence-corrected chi connectivity index (χ4v) is 2.00. The monoisotopic (exact) mass is 275 g/mol. The number of benzene rings is 1. The molecule has 0 saturated carbocycles. The molecule has 1 aromatic carbocycles. The number of methoxy groups -OCH3 is 1. The van der Waals surface area contributed by atoms with Gasteiger partial charge < -0.3 is 15.0 Å². The molecule has 2 aromatic rings. The van der Waals surface area contributed by atoms with Gasteiger partial charge in [-0.05, 0) is 17.7 Å². The first-order valence-electron chi connectivity index (χ1n) is 6.84. The number of hydrogen-bond acceptors (Lipinski definition) is 3. The molecule has 0 spiro atoms. The van der Waals surface area contributed by atoms with Crippen LogP contribution in [0.4, 0.5) is 0 Å². The standard InChI is InChI=1S/C15H21N3O2/c1-10(2)15-17-12-5-4-11(8-13(12)18-15)9-14(19)16-6-7-20-3/h4-5,8,10H,6-7,9H2,1-3H3,(H,16,19)(H,17,18). The van der Waals surface area contributed by atoms with E-state index in [1.54, 1.807) is 7.11 Å². The first kappa shape index (κ1) is 14.5. The van der Waals surface area contributed by atoms with Gasteiger partial charge in [0.2, 0.25) is 5.91 Å². The maximum absolute atomic E-state index is 11.7. The zero-order chi connectivity index (χ0) is 14.5. The molecule has 2 N–H and O–H groups in total.